The second-order valence-electron chi connectivity index (χ2n) is 4.31. The lowest BCUT2D eigenvalue weighted by molar-refractivity contribution is 0.394. The van der Waals surface area contributed by atoms with E-state index in [9.17, 15) is 0 Å². The van der Waals surface area contributed by atoms with Crippen molar-refractivity contribution in [2.75, 3.05) is 20.0 Å². The van der Waals surface area contributed by atoms with E-state index in [1.165, 1.54) is 0 Å². The maximum atomic E-state index is 5.74. The molecule has 0 bridgehead atoms. The minimum Gasteiger partial charge on any atom is -0.497 e. The molecule has 0 amide bonds. The van der Waals surface area contributed by atoms with E-state index in [0.29, 0.717) is 28.7 Å². The first-order chi connectivity index (χ1) is 9.71. The first-order valence-corrected chi connectivity index (χ1v) is 6.09. The number of ether oxygens (including phenoxy) is 2. The number of anilines is 1. The molecule has 3 rings (SSSR count). The Morgan fingerprint density at radius 1 is 1.05 bits per heavy atom. The number of aromatic nitrogens is 1. The van der Waals surface area contributed by atoms with E-state index in [4.69, 9.17) is 19.6 Å². The summed E-state index contributed by atoms with van der Waals surface area (Å²) >= 11 is 0. The molecular weight excluding hydrogens is 256 g/mol. The lowest BCUT2D eigenvalue weighted by Gasteiger charge is -2.07. The van der Waals surface area contributed by atoms with Gasteiger partial charge in [0.25, 0.3) is 0 Å². The number of nitrogen functional groups attached to an aromatic ring is 1. The molecule has 3 aromatic rings. The van der Waals surface area contributed by atoms with Crippen LogP contribution in [-0.4, -0.2) is 19.2 Å². The van der Waals surface area contributed by atoms with Gasteiger partial charge in [0.1, 0.15) is 17.0 Å². The normalized spacial score (nSPS) is 10.7. The monoisotopic (exact) mass is 270 g/mol. The van der Waals surface area contributed by atoms with Crippen LogP contribution in [0.3, 0.4) is 0 Å². The third-order valence-electron chi connectivity index (χ3n) is 3.05. The average molecular weight is 270 g/mol. The van der Waals surface area contributed by atoms with Crippen LogP contribution in [0.1, 0.15) is 0 Å². The molecule has 2 N–H and O–H groups in total. The highest BCUT2D eigenvalue weighted by Gasteiger charge is 2.14. The van der Waals surface area contributed by atoms with Crippen LogP contribution in [-0.2, 0) is 0 Å². The minimum absolute atomic E-state index is 0.491. The van der Waals surface area contributed by atoms with E-state index in [1.807, 2.05) is 18.2 Å². The minimum atomic E-state index is 0.491. The molecule has 0 aliphatic heterocycles. The van der Waals surface area contributed by atoms with Crippen molar-refractivity contribution in [3.63, 3.8) is 0 Å². The summed E-state index contributed by atoms with van der Waals surface area (Å²) < 4.78 is 16.3. The van der Waals surface area contributed by atoms with Gasteiger partial charge in [-0.15, -0.1) is 0 Å². The van der Waals surface area contributed by atoms with Gasteiger partial charge < -0.3 is 19.6 Å². The molecule has 20 heavy (non-hydrogen) atoms. The Balaban J connectivity index is 2.14. The number of nitrogens with two attached hydrogens (primary N) is 1. The van der Waals surface area contributed by atoms with Gasteiger partial charge in [-0.1, -0.05) is 0 Å². The molecule has 0 atom stereocenters. The van der Waals surface area contributed by atoms with Crippen LogP contribution in [0.15, 0.2) is 40.8 Å². The number of oxazole rings is 1. The van der Waals surface area contributed by atoms with E-state index in [0.717, 1.165) is 11.1 Å². The molecule has 1 heterocycles. The number of fused-ring (bicyclic) bond motifs is 1. The van der Waals surface area contributed by atoms with Gasteiger partial charge in [0, 0.05) is 17.8 Å². The van der Waals surface area contributed by atoms with Gasteiger partial charge in [0.2, 0.25) is 5.89 Å². The van der Waals surface area contributed by atoms with Gasteiger partial charge in [0.05, 0.1) is 19.8 Å². The van der Waals surface area contributed by atoms with Crippen LogP contribution in [0.4, 0.5) is 5.69 Å². The number of hydrogen-bond donors (Lipinski definition) is 1. The third-order valence-corrected chi connectivity index (χ3v) is 3.05. The predicted octanol–water partition coefficient (Wildman–Crippen LogP) is 3.09. The zero-order valence-corrected chi connectivity index (χ0v) is 11.2. The lowest BCUT2D eigenvalue weighted by Crippen LogP contribution is -1.90. The molecule has 2 aromatic carbocycles. The smallest absolute Gasteiger partial charge is 0.231 e. The van der Waals surface area contributed by atoms with E-state index in [2.05, 4.69) is 4.98 Å². The van der Waals surface area contributed by atoms with Gasteiger partial charge in [-0.05, 0) is 24.3 Å². The second-order valence-corrected chi connectivity index (χ2v) is 4.31. The fourth-order valence-corrected chi connectivity index (χ4v) is 2.03. The van der Waals surface area contributed by atoms with Crippen LogP contribution in [0, 0.1) is 0 Å². The maximum Gasteiger partial charge on any atom is 0.231 e. The fraction of sp³-hybridized carbons (Fsp3) is 0.133. The van der Waals surface area contributed by atoms with Crippen molar-refractivity contribution >= 4 is 16.8 Å². The molecule has 0 saturated heterocycles. The molecule has 0 fully saturated rings. The Kier molecular flexibility index (Phi) is 2.95. The summed E-state index contributed by atoms with van der Waals surface area (Å²) in [5.74, 6) is 1.85. The van der Waals surface area contributed by atoms with Gasteiger partial charge >= 0.3 is 0 Å². The van der Waals surface area contributed by atoms with Gasteiger partial charge in [-0.3, -0.25) is 0 Å². The Hall–Kier alpha value is -2.69. The van der Waals surface area contributed by atoms with E-state index >= 15 is 0 Å². The van der Waals surface area contributed by atoms with Crippen molar-refractivity contribution in [2.24, 2.45) is 0 Å². The summed E-state index contributed by atoms with van der Waals surface area (Å²) in [6.07, 6.45) is 0. The van der Waals surface area contributed by atoms with Crippen molar-refractivity contribution in [1.82, 2.24) is 4.98 Å². The van der Waals surface area contributed by atoms with Crippen molar-refractivity contribution in [2.45, 2.75) is 0 Å². The summed E-state index contributed by atoms with van der Waals surface area (Å²) in [7, 11) is 3.20. The molecule has 0 aliphatic carbocycles. The van der Waals surface area contributed by atoms with E-state index in [-0.39, 0.29) is 0 Å². The van der Waals surface area contributed by atoms with Crippen LogP contribution < -0.4 is 15.2 Å². The highest BCUT2D eigenvalue weighted by atomic mass is 16.5. The predicted molar refractivity (Wildman–Crippen MR) is 77.0 cm³/mol. The summed E-state index contributed by atoms with van der Waals surface area (Å²) in [6.45, 7) is 0. The van der Waals surface area contributed by atoms with Crippen LogP contribution in [0.2, 0.25) is 0 Å². The van der Waals surface area contributed by atoms with Crippen LogP contribution >= 0.6 is 0 Å². The largest absolute Gasteiger partial charge is 0.497 e. The van der Waals surface area contributed by atoms with E-state index in [1.54, 1.807) is 32.4 Å². The Morgan fingerprint density at radius 3 is 2.65 bits per heavy atom. The quantitative estimate of drug-likeness (QED) is 0.740. The van der Waals surface area contributed by atoms with Gasteiger partial charge in [-0.2, -0.15) is 0 Å². The molecular formula is C15H14N2O3. The Labute approximate surface area is 115 Å². The zero-order valence-electron chi connectivity index (χ0n) is 11.2. The summed E-state index contributed by atoms with van der Waals surface area (Å²) in [5, 5.41) is 0. The molecule has 0 saturated carbocycles. The van der Waals surface area contributed by atoms with Crippen molar-refractivity contribution in [3.8, 4) is 23.0 Å². The first-order valence-electron chi connectivity index (χ1n) is 6.09. The standard InChI is InChI=1S/C15H14N2O3/c1-18-10-4-5-11(13(8-10)19-2)15-17-12-6-3-9(16)7-14(12)20-15/h3-8H,16H2,1-2H3. The second kappa shape index (κ2) is 4.77. The number of nitrogens with zero attached hydrogens (tertiary/aromatic N) is 1. The topological polar surface area (TPSA) is 70.5 Å². The molecule has 1 aromatic heterocycles. The summed E-state index contributed by atoms with van der Waals surface area (Å²) in [4.78, 5) is 4.45. The van der Waals surface area contributed by atoms with Gasteiger partial charge in [-0.25, -0.2) is 4.98 Å². The molecule has 0 radical (unpaired) electrons. The number of benzene rings is 2. The molecule has 5 heteroatoms. The SMILES string of the molecule is COc1ccc(-c2nc3ccc(N)cc3o2)c(OC)c1. The molecule has 5 nitrogen and oxygen atoms in total. The van der Waals surface area contributed by atoms with Gasteiger partial charge in [0.15, 0.2) is 5.58 Å². The van der Waals surface area contributed by atoms with Crippen LogP contribution in [0.25, 0.3) is 22.6 Å². The Bertz CT molecular complexity index is 765. The average Bonchev–Trinajstić information content (AvgIpc) is 2.89. The summed E-state index contributed by atoms with van der Waals surface area (Å²) in [6, 6.07) is 10.8. The summed E-state index contributed by atoms with van der Waals surface area (Å²) in [5.41, 5.74) is 8.55. The highest BCUT2D eigenvalue weighted by molar-refractivity contribution is 5.80. The Morgan fingerprint density at radius 2 is 1.90 bits per heavy atom. The molecule has 0 aliphatic rings. The fourth-order valence-electron chi connectivity index (χ4n) is 2.03. The molecule has 102 valence electrons. The number of methoxy groups -OCH3 is 2. The molecule has 0 spiro atoms. The van der Waals surface area contributed by atoms with Crippen LogP contribution in [0.5, 0.6) is 11.5 Å². The lowest BCUT2D eigenvalue weighted by atomic mass is 10.2. The van der Waals surface area contributed by atoms with Crippen molar-refractivity contribution in [3.05, 3.63) is 36.4 Å². The first kappa shape index (κ1) is 12.3. The maximum absolute atomic E-state index is 5.74. The van der Waals surface area contributed by atoms with Crippen molar-refractivity contribution in [1.29, 1.82) is 0 Å². The molecule has 0 unspecified atom stereocenters. The zero-order chi connectivity index (χ0) is 14.1. The van der Waals surface area contributed by atoms with Crippen molar-refractivity contribution < 1.29 is 13.9 Å². The highest BCUT2D eigenvalue weighted by Crippen LogP contribution is 2.34. The number of hydrogen-bond acceptors (Lipinski definition) is 5. The van der Waals surface area contributed by atoms with E-state index < -0.39 is 0 Å². The third kappa shape index (κ3) is 2.03. The number of rotatable bonds is 3.